The zero-order valence-electron chi connectivity index (χ0n) is 16.1. The van der Waals surface area contributed by atoms with Crippen LogP contribution in [0.3, 0.4) is 0 Å². The van der Waals surface area contributed by atoms with E-state index >= 15 is 0 Å². The molecule has 1 N–H and O–H groups in total. The third kappa shape index (κ3) is 5.29. The largest absolute Gasteiger partial charge is 0.394 e. The van der Waals surface area contributed by atoms with Crippen molar-refractivity contribution in [2.24, 2.45) is 0 Å². The van der Waals surface area contributed by atoms with Gasteiger partial charge in [0.25, 0.3) is 0 Å². The van der Waals surface area contributed by atoms with Crippen LogP contribution in [0.25, 0.3) is 0 Å². The third-order valence-electron chi connectivity index (χ3n) is 5.63. The van der Waals surface area contributed by atoms with Crippen LogP contribution in [-0.2, 0) is 20.8 Å². The summed E-state index contributed by atoms with van der Waals surface area (Å²) in [4.78, 5) is 0. The van der Waals surface area contributed by atoms with E-state index in [4.69, 9.17) is 14.2 Å². The summed E-state index contributed by atoms with van der Waals surface area (Å²) in [6.07, 6.45) is 5.98. The van der Waals surface area contributed by atoms with Crippen molar-refractivity contribution < 1.29 is 19.3 Å². The number of aliphatic hydroxyl groups excluding tert-OH is 1. The Labute approximate surface area is 184 Å². The minimum atomic E-state index is -0.563. The molecule has 0 aromatic heterocycles. The highest BCUT2D eigenvalue weighted by molar-refractivity contribution is 9.10. The van der Waals surface area contributed by atoms with Crippen molar-refractivity contribution in [3.63, 3.8) is 0 Å². The van der Waals surface area contributed by atoms with Gasteiger partial charge in [0.15, 0.2) is 5.79 Å². The lowest BCUT2D eigenvalue weighted by molar-refractivity contribution is -0.322. The fourth-order valence-electron chi connectivity index (χ4n) is 4.40. The number of thioether (sulfide) groups is 2. The van der Waals surface area contributed by atoms with Crippen molar-refractivity contribution in [3.05, 3.63) is 34.3 Å². The van der Waals surface area contributed by atoms with E-state index in [9.17, 15) is 5.11 Å². The Kier molecular flexibility index (Phi) is 7.35. The first-order chi connectivity index (χ1) is 13.6. The van der Waals surface area contributed by atoms with Crippen molar-refractivity contribution in [1.82, 2.24) is 0 Å². The Morgan fingerprint density at radius 1 is 1.11 bits per heavy atom. The smallest absolute Gasteiger partial charge is 0.171 e. The molecule has 3 heterocycles. The van der Waals surface area contributed by atoms with Crippen LogP contribution in [0.2, 0.25) is 0 Å². The molecule has 0 bridgehead atoms. The monoisotopic (exact) mass is 488 g/mol. The summed E-state index contributed by atoms with van der Waals surface area (Å²) in [6.45, 7) is 1.24. The third-order valence-corrected chi connectivity index (χ3v) is 9.53. The zero-order valence-corrected chi connectivity index (χ0v) is 19.3. The number of aliphatic hydroxyl groups is 1. The van der Waals surface area contributed by atoms with Gasteiger partial charge in [-0.25, -0.2) is 0 Å². The molecule has 4 nitrogen and oxygen atoms in total. The molecule has 3 aliphatic rings. The van der Waals surface area contributed by atoms with Crippen LogP contribution in [0.1, 0.15) is 44.1 Å². The molecule has 7 heteroatoms. The summed E-state index contributed by atoms with van der Waals surface area (Å²) in [5.41, 5.74) is 1.17. The van der Waals surface area contributed by atoms with E-state index in [1.165, 1.54) is 23.5 Å². The number of ether oxygens (including phenoxy) is 3. The molecule has 0 aliphatic carbocycles. The number of benzene rings is 1. The first-order valence-corrected chi connectivity index (χ1v) is 12.9. The average molecular weight is 489 g/mol. The van der Waals surface area contributed by atoms with E-state index < -0.39 is 5.79 Å². The summed E-state index contributed by atoms with van der Waals surface area (Å²) in [6, 6.07) is 8.25. The van der Waals surface area contributed by atoms with E-state index in [0.29, 0.717) is 13.2 Å². The van der Waals surface area contributed by atoms with Crippen molar-refractivity contribution >= 4 is 39.5 Å². The van der Waals surface area contributed by atoms with E-state index in [2.05, 4.69) is 51.6 Å². The van der Waals surface area contributed by atoms with Crippen LogP contribution in [0.15, 0.2) is 28.7 Å². The fourth-order valence-corrected chi connectivity index (χ4v) is 8.25. The lowest BCUT2D eigenvalue weighted by Gasteiger charge is -2.53. The van der Waals surface area contributed by atoms with Crippen LogP contribution in [0, 0.1) is 0 Å². The summed E-state index contributed by atoms with van der Waals surface area (Å²) >= 11 is 7.63. The number of halogens is 1. The van der Waals surface area contributed by atoms with Gasteiger partial charge in [-0.2, -0.15) is 0 Å². The molecule has 0 unspecified atom stereocenters. The van der Waals surface area contributed by atoms with E-state index in [-0.39, 0.29) is 22.9 Å². The molecular formula is C21H29BrO4S2. The Balaban J connectivity index is 1.42. The standard InChI is InChI=1S/C21H29BrO4S2/c22-17-6-4-16(5-7-17)13-24-14-19-11-21(27-9-2-10-28-21)15-20(26-19)8-1-3-18(12-23)25-20/h4-7,18-19,23H,1-3,8-15H2/t18-,19+,20+/m1/s1. The molecule has 28 heavy (non-hydrogen) atoms. The second kappa shape index (κ2) is 9.58. The topological polar surface area (TPSA) is 47.9 Å². The Bertz CT molecular complexity index is 638. The van der Waals surface area contributed by atoms with Crippen molar-refractivity contribution in [2.75, 3.05) is 24.7 Å². The number of rotatable bonds is 5. The average Bonchev–Trinajstić information content (AvgIpc) is 2.69. The van der Waals surface area contributed by atoms with E-state index in [1.807, 2.05) is 12.1 Å². The minimum Gasteiger partial charge on any atom is -0.394 e. The molecule has 0 amide bonds. The highest BCUT2D eigenvalue weighted by Gasteiger charge is 2.53. The van der Waals surface area contributed by atoms with Gasteiger partial charge < -0.3 is 19.3 Å². The number of hydrogen-bond acceptors (Lipinski definition) is 6. The van der Waals surface area contributed by atoms with Crippen LogP contribution in [0.5, 0.6) is 0 Å². The minimum absolute atomic E-state index is 0.0275. The van der Waals surface area contributed by atoms with Crippen LogP contribution in [-0.4, -0.2) is 51.9 Å². The molecular weight excluding hydrogens is 460 g/mol. The second-order valence-electron chi connectivity index (χ2n) is 7.95. The maximum absolute atomic E-state index is 9.64. The van der Waals surface area contributed by atoms with Gasteiger partial charge in [-0.3, -0.25) is 0 Å². The van der Waals surface area contributed by atoms with Gasteiger partial charge in [0.05, 0.1) is 36.1 Å². The van der Waals surface area contributed by atoms with E-state index in [1.54, 1.807) is 0 Å². The van der Waals surface area contributed by atoms with Gasteiger partial charge in [0, 0.05) is 17.3 Å². The molecule has 1 aromatic carbocycles. The predicted octanol–water partition coefficient (Wildman–Crippen LogP) is 4.97. The van der Waals surface area contributed by atoms with Gasteiger partial charge in [0.1, 0.15) is 0 Å². The fraction of sp³-hybridized carbons (Fsp3) is 0.714. The maximum atomic E-state index is 9.64. The molecule has 3 fully saturated rings. The van der Waals surface area contributed by atoms with Gasteiger partial charge in [-0.1, -0.05) is 28.1 Å². The lowest BCUT2D eigenvalue weighted by atomic mass is 9.92. The quantitative estimate of drug-likeness (QED) is 0.631. The molecule has 1 aromatic rings. The Hall–Kier alpha value is 0.240. The highest BCUT2D eigenvalue weighted by atomic mass is 79.9. The van der Waals surface area contributed by atoms with E-state index in [0.717, 1.165) is 36.6 Å². The van der Waals surface area contributed by atoms with Gasteiger partial charge in [0.2, 0.25) is 0 Å². The number of hydrogen-bond donors (Lipinski definition) is 1. The molecule has 3 atom stereocenters. The van der Waals surface area contributed by atoms with Crippen LogP contribution < -0.4 is 0 Å². The summed E-state index contributed by atoms with van der Waals surface area (Å²) in [5, 5.41) is 9.64. The second-order valence-corrected chi connectivity index (χ2v) is 12.1. The SMILES string of the molecule is OC[C@H]1CCC[C@]2(CC3(C[C@@H](COCc4ccc(Br)cc4)O2)SCCCS3)O1. The van der Waals surface area contributed by atoms with Crippen molar-refractivity contribution in [2.45, 2.75) is 67.2 Å². The van der Waals surface area contributed by atoms with Crippen LogP contribution >= 0.6 is 39.5 Å². The van der Waals surface area contributed by atoms with Gasteiger partial charge >= 0.3 is 0 Å². The molecule has 4 rings (SSSR count). The predicted molar refractivity (Wildman–Crippen MR) is 119 cm³/mol. The molecule has 0 radical (unpaired) electrons. The molecule has 3 saturated heterocycles. The molecule has 3 aliphatic heterocycles. The first kappa shape index (κ1) is 21.5. The van der Waals surface area contributed by atoms with Crippen molar-refractivity contribution in [3.8, 4) is 0 Å². The van der Waals surface area contributed by atoms with Crippen molar-refractivity contribution in [1.29, 1.82) is 0 Å². The van der Waals surface area contributed by atoms with Gasteiger partial charge in [-0.05, 0) is 54.9 Å². The summed E-state index contributed by atoms with van der Waals surface area (Å²) in [5.74, 6) is 1.85. The van der Waals surface area contributed by atoms with Gasteiger partial charge in [-0.15, -0.1) is 23.5 Å². The zero-order chi connectivity index (χ0) is 19.5. The summed E-state index contributed by atoms with van der Waals surface area (Å²) in [7, 11) is 0. The van der Waals surface area contributed by atoms with Crippen LogP contribution in [0.4, 0.5) is 0 Å². The highest BCUT2D eigenvalue weighted by Crippen LogP contribution is 2.56. The maximum Gasteiger partial charge on any atom is 0.171 e. The summed E-state index contributed by atoms with van der Waals surface area (Å²) < 4.78 is 20.2. The lowest BCUT2D eigenvalue weighted by Crippen LogP contribution is -2.56. The Morgan fingerprint density at radius 2 is 1.86 bits per heavy atom. The molecule has 156 valence electrons. The Morgan fingerprint density at radius 3 is 2.61 bits per heavy atom. The molecule has 2 spiro atoms. The first-order valence-electron chi connectivity index (χ1n) is 10.2. The normalized spacial score (nSPS) is 32.6. The molecule has 0 saturated carbocycles.